The first-order valence-corrected chi connectivity index (χ1v) is 8.07. The fourth-order valence-electron chi connectivity index (χ4n) is 2.57. The molecule has 3 rings (SSSR count). The molecule has 1 aliphatic heterocycles. The highest BCUT2D eigenvalue weighted by atomic mass is 16.6. The van der Waals surface area contributed by atoms with Crippen LogP contribution in [0.4, 0.5) is 5.95 Å². The van der Waals surface area contributed by atoms with Gasteiger partial charge in [0, 0.05) is 31.0 Å². The van der Waals surface area contributed by atoms with Gasteiger partial charge in [0.1, 0.15) is 0 Å². The van der Waals surface area contributed by atoms with Crippen LogP contribution in [0.15, 0.2) is 18.5 Å². The van der Waals surface area contributed by atoms with Gasteiger partial charge in [0.05, 0.1) is 37.3 Å². The Morgan fingerprint density at radius 1 is 1.39 bits per heavy atom. The molecule has 0 saturated carbocycles. The molecule has 23 heavy (non-hydrogen) atoms. The highest BCUT2D eigenvalue weighted by Crippen LogP contribution is 2.21. The summed E-state index contributed by atoms with van der Waals surface area (Å²) in [6.45, 7) is 7.61. The Morgan fingerprint density at radius 2 is 2.30 bits per heavy atom. The van der Waals surface area contributed by atoms with Gasteiger partial charge < -0.3 is 14.8 Å². The maximum absolute atomic E-state index is 5.61. The molecular formula is C16H23N5O2. The fraction of sp³-hybridized carbons (Fsp3) is 0.562. The van der Waals surface area contributed by atoms with Crippen LogP contribution in [0.1, 0.15) is 19.0 Å². The number of anilines is 1. The number of rotatable bonds is 6. The predicted octanol–water partition coefficient (Wildman–Crippen LogP) is 1.89. The van der Waals surface area contributed by atoms with Crippen LogP contribution < -0.4 is 5.32 Å². The van der Waals surface area contributed by atoms with Crippen LogP contribution in [0, 0.1) is 6.92 Å². The zero-order chi connectivity index (χ0) is 16.1. The standard InChI is InChI=1S/C16H23N5O2/c1-3-6-21-10-14(12(2)20-21)15-4-5-17-16(19-15)18-9-13-11-22-7-8-23-13/h4-5,10,13H,3,6-9,11H2,1-2H3,(H,17,18,19)/t13-/m1/s1. The average Bonchev–Trinajstić information content (AvgIpc) is 2.95. The highest BCUT2D eigenvalue weighted by Gasteiger charge is 2.15. The van der Waals surface area contributed by atoms with Crippen LogP contribution in [0.25, 0.3) is 11.3 Å². The monoisotopic (exact) mass is 317 g/mol. The molecule has 1 atom stereocenters. The van der Waals surface area contributed by atoms with Crippen molar-refractivity contribution in [2.24, 2.45) is 0 Å². The summed E-state index contributed by atoms with van der Waals surface area (Å²) in [5.74, 6) is 0.597. The van der Waals surface area contributed by atoms with E-state index < -0.39 is 0 Å². The van der Waals surface area contributed by atoms with Crippen molar-refractivity contribution in [2.75, 3.05) is 31.7 Å². The van der Waals surface area contributed by atoms with E-state index in [0.29, 0.717) is 32.3 Å². The lowest BCUT2D eigenvalue weighted by atomic mass is 10.2. The molecule has 3 heterocycles. The molecule has 1 fully saturated rings. The number of ether oxygens (including phenoxy) is 2. The maximum Gasteiger partial charge on any atom is 0.223 e. The lowest BCUT2D eigenvalue weighted by molar-refractivity contribution is -0.0819. The molecule has 0 aromatic carbocycles. The lowest BCUT2D eigenvalue weighted by Crippen LogP contribution is -2.34. The minimum Gasteiger partial charge on any atom is -0.376 e. The number of nitrogens with one attached hydrogen (secondary N) is 1. The van der Waals surface area contributed by atoms with E-state index in [-0.39, 0.29) is 6.10 Å². The van der Waals surface area contributed by atoms with Gasteiger partial charge in [-0.15, -0.1) is 0 Å². The van der Waals surface area contributed by atoms with Crippen LogP contribution in [-0.2, 0) is 16.0 Å². The third-order valence-corrected chi connectivity index (χ3v) is 3.70. The van der Waals surface area contributed by atoms with E-state index in [2.05, 4.69) is 27.3 Å². The summed E-state index contributed by atoms with van der Waals surface area (Å²) >= 11 is 0. The maximum atomic E-state index is 5.61. The first kappa shape index (κ1) is 15.9. The van der Waals surface area contributed by atoms with E-state index in [0.717, 1.165) is 29.9 Å². The number of hydrogen-bond acceptors (Lipinski definition) is 6. The highest BCUT2D eigenvalue weighted by molar-refractivity contribution is 5.61. The number of hydrogen-bond donors (Lipinski definition) is 1. The normalized spacial score (nSPS) is 18.1. The second kappa shape index (κ2) is 7.52. The molecule has 7 heteroatoms. The summed E-state index contributed by atoms with van der Waals surface area (Å²) < 4.78 is 13.0. The van der Waals surface area contributed by atoms with E-state index in [4.69, 9.17) is 9.47 Å². The summed E-state index contributed by atoms with van der Waals surface area (Å²) in [6, 6.07) is 1.91. The number of aryl methyl sites for hydroxylation is 2. The zero-order valence-electron chi connectivity index (χ0n) is 13.7. The molecule has 0 spiro atoms. The molecule has 0 bridgehead atoms. The van der Waals surface area contributed by atoms with E-state index >= 15 is 0 Å². The second-order valence-electron chi connectivity index (χ2n) is 5.61. The van der Waals surface area contributed by atoms with Crippen molar-refractivity contribution < 1.29 is 9.47 Å². The molecule has 0 aliphatic carbocycles. The largest absolute Gasteiger partial charge is 0.376 e. The molecule has 1 saturated heterocycles. The Morgan fingerprint density at radius 3 is 3.09 bits per heavy atom. The molecule has 0 unspecified atom stereocenters. The molecule has 2 aromatic heterocycles. The second-order valence-corrected chi connectivity index (χ2v) is 5.61. The molecule has 124 valence electrons. The van der Waals surface area contributed by atoms with Gasteiger partial charge in [0.25, 0.3) is 0 Å². The van der Waals surface area contributed by atoms with Crippen LogP contribution in [0.3, 0.4) is 0 Å². The summed E-state index contributed by atoms with van der Waals surface area (Å²) in [5, 5.41) is 7.75. The minimum absolute atomic E-state index is 0.0463. The van der Waals surface area contributed by atoms with Crippen LogP contribution in [-0.4, -0.2) is 52.2 Å². The van der Waals surface area contributed by atoms with Crippen molar-refractivity contribution in [3.63, 3.8) is 0 Å². The molecule has 1 aliphatic rings. The summed E-state index contributed by atoms with van der Waals surface area (Å²) in [5.41, 5.74) is 2.90. The lowest BCUT2D eigenvalue weighted by Gasteiger charge is -2.23. The van der Waals surface area contributed by atoms with Gasteiger partial charge in [-0.25, -0.2) is 9.97 Å². The van der Waals surface area contributed by atoms with Gasteiger partial charge in [0.15, 0.2) is 0 Å². The molecule has 0 amide bonds. The van der Waals surface area contributed by atoms with Crippen LogP contribution in [0.2, 0.25) is 0 Å². The molecule has 1 N–H and O–H groups in total. The molecule has 7 nitrogen and oxygen atoms in total. The van der Waals surface area contributed by atoms with Crippen molar-refractivity contribution in [3.8, 4) is 11.3 Å². The van der Waals surface area contributed by atoms with E-state index in [9.17, 15) is 0 Å². The Balaban J connectivity index is 1.69. The number of nitrogens with zero attached hydrogens (tertiary/aromatic N) is 4. The predicted molar refractivity (Wildman–Crippen MR) is 87.3 cm³/mol. The van der Waals surface area contributed by atoms with Gasteiger partial charge in [-0.2, -0.15) is 5.10 Å². The quantitative estimate of drug-likeness (QED) is 0.877. The Bertz CT molecular complexity index is 637. The molecule has 2 aromatic rings. The van der Waals surface area contributed by atoms with Gasteiger partial charge >= 0.3 is 0 Å². The van der Waals surface area contributed by atoms with E-state index in [1.165, 1.54) is 0 Å². The van der Waals surface area contributed by atoms with Gasteiger partial charge in [-0.1, -0.05) is 6.92 Å². The Labute approximate surface area is 136 Å². The minimum atomic E-state index is 0.0463. The molecular weight excluding hydrogens is 294 g/mol. The summed E-state index contributed by atoms with van der Waals surface area (Å²) in [6.07, 6.45) is 4.91. The van der Waals surface area contributed by atoms with E-state index in [1.54, 1.807) is 6.20 Å². The van der Waals surface area contributed by atoms with Crippen molar-refractivity contribution in [2.45, 2.75) is 32.9 Å². The van der Waals surface area contributed by atoms with Gasteiger partial charge in [-0.3, -0.25) is 4.68 Å². The third kappa shape index (κ3) is 4.05. The van der Waals surface area contributed by atoms with Crippen LogP contribution >= 0.6 is 0 Å². The molecule has 0 radical (unpaired) electrons. The van der Waals surface area contributed by atoms with Crippen LogP contribution in [0.5, 0.6) is 0 Å². The van der Waals surface area contributed by atoms with Crippen molar-refractivity contribution in [1.82, 2.24) is 19.7 Å². The van der Waals surface area contributed by atoms with Crippen molar-refractivity contribution in [1.29, 1.82) is 0 Å². The summed E-state index contributed by atoms with van der Waals surface area (Å²) in [4.78, 5) is 8.87. The topological polar surface area (TPSA) is 74.1 Å². The summed E-state index contributed by atoms with van der Waals surface area (Å²) in [7, 11) is 0. The van der Waals surface area contributed by atoms with Crippen molar-refractivity contribution >= 4 is 5.95 Å². The van der Waals surface area contributed by atoms with E-state index in [1.807, 2.05) is 23.9 Å². The Kier molecular flexibility index (Phi) is 5.19. The first-order chi connectivity index (χ1) is 11.3. The third-order valence-electron chi connectivity index (χ3n) is 3.70. The number of aromatic nitrogens is 4. The van der Waals surface area contributed by atoms with Gasteiger partial charge in [0.2, 0.25) is 5.95 Å². The average molecular weight is 317 g/mol. The van der Waals surface area contributed by atoms with Gasteiger partial charge in [-0.05, 0) is 19.4 Å². The smallest absolute Gasteiger partial charge is 0.223 e. The first-order valence-electron chi connectivity index (χ1n) is 8.07. The Hall–Kier alpha value is -1.99. The zero-order valence-corrected chi connectivity index (χ0v) is 13.7. The SMILES string of the molecule is CCCn1cc(-c2ccnc(NC[C@@H]3COCCO3)n2)c(C)n1. The fourth-order valence-corrected chi connectivity index (χ4v) is 2.57. The van der Waals surface area contributed by atoms with Crippen molar-refractivity contribution in [3.05, 3.63) is 24.2 Å².